The van der Waals surface area contributed by atoms with E-state index in [1.807, 2.05) is 17.4 Å². The van der Waals surface area contributed by atoms with Crippen LogP contribution in [0.4, 0.5) is 0 Å². The molecule has 0 amide bonds. The van der Waals surface area contributed by atoms with Crippen molar-refractivity contribution in [3.05, 3.63) is 77.3 Å². The maximum Gasteiger partial charge on any atom is 0.0721 e. The highest BCUT2D eigenvalue weighted by atomic mass is 35.5. The molecule has 124 valence electrons. The molecule has 26 heavy (non-hydrogen) atoms. The monoisotopic (exact) mass is 371 g/mol. The van der Waals surface area contributed by atoms with E-state index in [2.05, 4.69) is 72.0 Å². The van der Waals surface area contributed by atoms with Crippen molar-refractivity contribution in [2.75, 3.05) is 0 Å². The molecule has 3 aromatic carbocycles. The molecule has 6 rings (SSSR count). The Hall–Kier alpha value is -2.55. The van der Waals surface area contributed by atoms with Crippen LogP contribution in [0.1, 0.15) is 5.56 Å². The van der Waals surface area contributed by atoms with Crippen molar-refractivity contribution in [1.82, 2.24) is 4.40 Å². The van der Waals surface area contributed by atoms with E-state index in [4.69, 9.17) is 11.6 Å². The fourth-order valence-electron chi connectivity index (χ4n) is 4.16. The molecule has 0 fully saturated rings. The van der Waals surface area contributed by atoms with Gasteiger partial charge in [0, 0.05) is 25.9 Å². The lowest BCUT2D eigenvalue weighted by atomic mass is 10.0. The average Bonchev–Trinajstić information content (AvgIpc) is 3.18. The minimum atomic E-state index is 0.776. The second kappa shape index (κ2) is 5.00. The van der Waals surface area contributed by atoms with Crippen LogP contribution < -0.4 is 0 Å². The lowest BCUT2D eigenvalue weighted by Gasteiger charge is -2.11. The summed E-state index contributed by atoms with van der Waals surface area (Å²) in [4.78, 5) is 0. The van der Waals surface area contributed by atoms with Crippen molar-refractivity contribution >= 4 is 70.4 Å². The van der Waals surface area contributed by atoms with Crippen molar-refractivity contribution in [3.63, 3.8) is 0 Å². The molecule has 3 heteroatoms. The van der Waals surface area contributed by atoms with E-state index >= 15 is 0 Å². The van der Waals surface area contributed by atoms with E-state index in [1.165, 1.54) is 53.1 Å². The van der Waals surface area contributed by atoms with Gasteiger partial charge in [0.05, 0.1) is 21.3 Å². The smallest absolute Gasteiger partial charge is 0.0721 e. The van der Waals surface area contributed by atoms with Gasteiger partial charge in [0.1, 0.15) is 0 Å². The molecule has 3 heterocycles. The average molecular weight is 372 g/mol. The second-order valence-electron chi connectivity index (χ2n) is 6.89. The second-order valence-corrected chi connectivity index (χ2v) is 8.41. The van der Waals surface area contributed by atoms with Gasteiger partial charge in [-0.3, -0.25) is 0 Å². The molecule has 6 aromatic rings. The summed E-state index contributed by atoms with van der Waals surface area (Å²) in [6.45, 7) is 2.14. The Labute approximate surface area is 159 Å². The van der Waals surface area contributed by atoms with Gasteiger partial charge in [0.25, 0.3) is 0 Å². The normalized spacial score (nSPS) is 12.2. The highest BCUT2D eigenvalue weighted by Crippen LogP contribution is 2.41. The van der Waals surface area contributed by atoms with Gasteiger partial charge < -0.3 is 4.40 Å². The van der Waals surface area contributed by atoms with Crippen LogP contribution in [-0.4, -0.2) is 4.40 Å². The molecule has 0 N–H and O–H groups in total. The molecule has 0 saturated heterocycles. The number of nitrogens with zero attached hydrogens (tertiary/aromatic N) is 1. The summed E-state index contributed by atoms with van der Waals surface area (Å²) in [5.74, 6) is 0. The number of benzene rings is 3. The number of rotatable bonds is 0. The van der Waals surface area contributed by atoms with Crippen molar-refractivity contribution in [1.29, 1.82) is 0 Å². The van der Waals surface area contributed by atoms with Crippen LogP contribution in [0.25, 0.3) is 47.5 Å². The van der Waals surface area contributed by atoms with Crippen LogP contribution in [0.5, 0.6) is 0 Å². The third kappa shape index (κ3) is 1.81. The van der Waals surface area contributed by atoms with Crippen LogP contribution in [0, 0.1) is 6.92 Å². The van der Waals surface area contributed by atoms with Gasteiger partial charge in [-0.1, -0.05) is 53.6 Å². The first kappa shape index (κ1) is 14.6. The van der Waals surface area contributed by atoms with Crippen molar-refractivity contribution in [3.8, 4) is 0 Å². The van der Waals surface area contributed by atoms with Crippen LogP contribution in [0.3, 0.4) is 0 Å². The van der Waals surface area contributed by atoms with Gasteiger partial charge in [-0.05, 0) is 42.6 Å². The van der Waals surface area contributed by atoms with E-state index in [0.717, 1.165) is 5.02 Å². The SMILES string of the molecule is Cc1ccc2c(c1)c1cc(Cl)ccc1n1c2cc2sc3ccccc3c21. The van der Waals surface area contributed by atoms with Crippen molar-refractivity contribution in [2.45, 2.75) is 6.92 Å². The zero-order chi connectivity index (χ0) is 17.4. The van der Waals surface area contributed by atoms with E-state index in [9.17, 15) is 0 Å². The summed E-state index contributed by atoms with van der Waals surface area (Å²) in [5.41, 5.74) is 5.04. The van der Waals surface area contributed by atoms with Crippen LogP contribution in [0.15, 0.2) is 66.7 Å². The van der Waals surface area contributed by atoms with Crippen molar-refractivity contribution < 1.29 is 0 Å². The number of hydrogen-bond donors (Lipinski definition) is 0. The van der Waals surface area contributed by atoms with E-state index in [0.29, 0.717) is 0 Å². The zero-order valence-electron chi connectivity index (χ0n) is 14.1. The number of aryl methyl sites for hydroxylation is 1. The zero-order valence-corrected chi connectivity index (χ0v) is 15.7. The Balaban J connectivity index is 2.01. The predicted octanol–water partition coefficient (Wildman–Crippen LogP) is 7.58. The molecule has 0 aliphatic carbocycles. The van der Waals surface area contributed by atoms with Gasteiger partial charge in [-0.15, -0.1) is 11.3 Å². The Morgan fingerprint density at radius 1 is 0.731 bits per heavy atom. The lowest BCUT2D eigenvalue weighted by Crippen LogP contribution is -1.91. The number of hydrogen-bond acceptors (Lipinski definition) is 1. The van der Waals surface area contributed by atoms with E-state index in [-0.39, 0.29) is 0 Å². The predicted molar refractivity (Wildman–Crippen MR) is 115 cm³/mol. The third-order valence-electron chi connectivity index (χ3n) is 5.27. The number of halogens is 1. The summed E-state index contributed by atoms with van der Waals surface area (Å²) in [6, 6.07) is 23.9. The van der Waals surface area contributed by atoms with Gasteiger partial charge in [-0.25, -0.2) is 0 Å². The molecule has 0 saturated carbocycles. The number of aromatic nitrogens is 1. The maximum atomic E-state index is 6.37. The largest absolute Gasteiger partial charge is 0.307 e. The Morgan fingerprint density at radius 2 is 1.62 bits per heavy atom. The van der Waals surface area contributed by atoms with E-state index < -0.39 is 0 Å². The fourth-order valence-corrected chi connectivity index (χ4v) is 5.46. The maximum absolute atomic E-state index is 6.37. The first-order chi connectivity index (χ1) is 12.7. The van der Waals surface area contributed by atoms with Crippen LogP contribution in [-0.2, 0) is 0 Å². The molecule has 0 unspecified atom stereocenters. The molecular formula is C23H14ClNS. The molecule has 3 aromatic heterocycles. The topological polar surface area (TPSA) is 4.41 Å². The summed E-state index contributed by atoms with van der Waals surface area (Å²) >= 11 is 8.23. The Bertz CT molecular complexity index is 1500. The van der Waals surface area contributed by atoms with Gasteiger partial charge in [0.2, 0.25) is 0 Å². The van der Waals surface area contributed by atoms with Crippen LogP contribution in [0.2, 0.25) is 5.02 Å². The molecule has 0 radical (unpaired) electrons. The summed E-state index contributed by atoms with van der Waals surface area (Å²) in [7, 11) is 0. The molecule has 0 aliphatic heterocycles. The number of fused-ring (bicyclic) bond motifs is 10. The van der Waals surface area contributed by atoms with E-state index in [1.54, 1.807) is 0 Å². The molecule has 0 spiro atoms. The highest BCUT2D eigenvalue weighted by Gasteiger charge is 2.16. The summed E-state index contributed by atoms with van der Waals surface area (Å²) in [5, 5.41) is 5.84. The molecule has 1 nitrogen and oxygen atoms in total. The van der Waals surface area contributed by atoms with Gasteiger partial charge >= 0.3 is 0 Å². The number of thiophene rings is 1. The molecule has 0 aliphatic rings. The van der Waals surface area contributed by atoms with Crippen molar-refractivity contribution in [2.24, 2.45) is 0 Å². The van der Waals surface area contributed by atoms with Crippen LogP contribution >= 0.6 is 22.9 Å². The fraction of sp³-hybridized carbons (Fsp3) is 0.0435. The standard InChI is InChI=1S/C23H14ClNS/c1-13-6-8-15-17(10-13)18-11-14(24)7-9-19(18)25-20(15)12-22-23(25)16-4-2-3-5-21(16)26-22/h2-12H,1H3. The minimum Gasteiger partial charge on any atom is -0.307 e. The summed E-state index contributed by atoms with van der Waals surface area (Å²) < 4.78 is 5.07. The Morgan fingerprint density at radius 3 is 2.54 bits per heavy atom. The van der Waals surface area contributed by atoms with Gasteiger partial charge in [-0.2, -0.15) is 0 Å². The highest BCUT2D eigenvalue weighted by molar-refractivity contribution is 7.25. The first-order valence-corrected chi connectivity index (χ1v) is 9.84. The number of pyridine rings is 1. The third-order valence-corrected chi connectivity index (χ3v) is 6.61. The molecule has 0 atom stereocenters. The Kier molecular flexibility index (Phi) is 2.81. The minimum absolute atomic E-state index is 0.776. The summed E-state index contributed by atoms with van der Waals surface area (Å²) in [6.07, 6.45) is 0. The molecular weight excluding hydrogens is 358 g/mol. The quantitative estimate of drug-likeness (QED) is 0.242. The van der Waals surface area contributed by atoms with Gasteiger partial charge in [0.15, 0.2) is 0 Å². The molecule has 0 bridgehead atoms. The first-order valence-electron chi connectivity index (χ1n) is 8.65. The lowest BCUT2D eigenvalue weighted by molar-refractivity contribution is 1.36.